The van der Waals surface area contributed by atoms with Crippen molar-refractivity contribution in [3.8, 4) is 0 Å². The molecule has 86 valence electrons. The molecule has 0 heterocycles. The molecule has 0 amide bonds. The van der Waals surface area contributed by atoms with Crippen LogP contribution in [0.5, 0.6) is 0 Å². The molecule has 3 nitrogen and oxygen atoms in total. The van der Waals surface area contributed by atoms with Crippen molar-refractivity contribution >= 4 is 31.3 Å². The van der Waals surface area contributed by atoms with E-state index in [4.69, 9.17) is 17.1 Å². The Morgan fingerprint density at radius 1 is 1.40 bits per heavy atom. The normalized spacial score (nSPS) is 12.1. The summed E-state index contributed by atoms with van der Waals surface area (Å²) in [4.78, 5) is 17.3. The van der Waals surface area contributed by atoms with E-state index in [0.717, 1.165) is 0 Å². The molecule has 0 aromatic heterocycles. The van der Waals surface area contributed by atoms with Crippen LogP contribution in [0.4, 0.5) is 0 Å². The number of carbonyl (C=O) groups is 1. The van der Waals surface area contributed by atoms with Gasteiger partial charge in [0.05, 0.1) is 0 Å². The Labute approximate surface area is 98.1 Å². The molecule has 0 aliphatic heterocycles. The third-order valence-corrected chi connectivity index (χ3v) is 3.73. The molecule has 0 aromatic rings. The number of allylic oxidation sites excluding steroid dienone is 1. The Balaban J connectivity index is 4.32. The van der Waals surface area contributed by atoms with Crippen LogP contribution in [-0.2, 0) is 9.63 Å². The molecule has 0 bridgehead atoms. The van der Waals surface area contributed by atoms with E-state index in [1.165, 1.54) is 6.08 Å². The van der Waals surface area contributed by atoms with E-state index in [9.17, 15) is 4.79 Å². The number of hydrogen-bond acceptors (Lipinski definition) is 4. The van der Waals surface area contributed by atoms with Gasteiger partial charge in [0.2, 0.25) is 0 Å². The van der Waals surface area contributed by atoms with Crippen LogP contribution in [0.1, 0.15) is 13.8 Å². The molecule has 0 radical (unpaired) electrons. The molecule has 0 aliphatic carbocycles. The van der Waals surface area contributed by atoms with Crippen LogP contribution in [0, 0.1) is 0 Å². The van der Waals surface area contributed by atoms with Gasteiger partial charge in [-0.25, -0.2) is 4.79 Å². The van der Waals surface area contributed by atoms with Gasteiger partial charge in [0.15, 0.2) is 8.24 Å². The fraction of sp³-hybridized carbons (Fsp3) is 0.600. The Bertz CT molecular complexity index is 271. The second kappa shape index (κ2) is 6.15. The Morgan fingerprint density at radius 2 is 1.93 bits per heavy atom. The predicted octanol–water partition coefficient (Wildman–Crippen LogP) is 2.55. The molecule has 0 aliphatic rings. The maximum atomic E-state index is 11.4. The standard InChI is InChI=1S/C10H19NO2SSi/c1-6-11(15(3,4)5)13-10(12)8-7-9(2)14/h7-8H,6H2,1-5H3. The van der Waals surface area contributed by atoms with E-state index in [2.05, 4.69) is 19.6 Å². The second-order valence-electron chi connectivity index (χ2n) is 4.22. The highest BCUT2D eigenvalue weighted by molar-refractivity contribution is 7.80. The number of hydroxylamine groups is 1. The Morgan fingerprint density at radius 3 is 2.27 bits per heavy atom. The molecule has 5 heteroatoms. The third kappa shape index (κ3) is 6.54. The van der Waals surface area contributed by atoms with Crippen molar-refractivity contribution in [2.75, 3.05) is 6.54 Å². The zero-order chi connectivity index (χ0) is 12.1. The summed E-state index contributed by atoms with van der Waals surface area (Å²) in [6.07, 6.45) is 2.95. The molecule has 0 saturated carbocycles. The van der Waals surface area contributed by atoms with Crippen LogP contribution in [0.15, 0.2) is 12.2 Å². The first-order valence-corrected chi connectivity index (χ1v) is 8.81. The summed E-state index contributed by atoms with van der Waals surface area (Å²) in [6, 6.07) is 0. The van der Waals surface area contributed by atoms with E-state index in [1.54, 1.807) is 17.7 Å². The van der Waals surface area contributed by atoms with Crippen molar-refractivity contribution in [3.05, 3.63) is 12.2 Å². The zero-order valence-electron chi connectivity index (χ0n) is 10.0. The number of rotatable bonds is 5. The summed E-state index contributed by atoms with van der Waals surface area (Å²) in [5.41, 5.74) is 0. The number of carbonyl (C=O) groups excluding carboxylic acids is 1. The molecule has 0 N–H and O–H groups in total. The summed E-state index contributed by atoms with van der Waals surface area (Å²) in [5, 5.41) is 0. The lowest BCUT2D eigenvalue weighted by Gasteiger charge is -2.30. The summed E-state index contributed by atoms with van der Waals surface area (Å²) in [6.45, 7) is 10.8. The first-order valence-electron chi connectivity index (χ1n) is 4.95. The van der Waals surface area contributed by atoms with Crippen LogP contribution in [0.25, 0.3) is 0 Å². The van der Waals surface area contributed by atoms with Gasteiger partial charge in [0.25, 0.3) is 0 Å². The first kappa shape index (κ1) is 14.5. The molecule has 0 fully saturated rings. The van der Waals surface area contributed by atoms with Gasteiger partial charge >= 0.3 is 5.97 Å². The average Bonchev–Trinajstić information content (AvgIpc) is 2.08. The minimum absolute atomic E-state index is 0.358. The minimum atomic E-state index is -1.58. The van der Waals surface area contributed by atoms with Crippen molar-refractivity contribution in [2.24, 2.45) is 0 Å². The topological polar surface area (TPSA) is 29.5 Å². The summed E-state index contributed by atoms with van der Waals surface area (Å²) >= 11 is 4.83. The van der Waals surface area contributed by atoms with Crippen LogP contribution < -0.4 is 0 Å². The molecular weight excluding hydrogens is 226 g/mol. The van der Waals surface area contributed by atoms with E-state index in [0.29, 0.717) is 11.4 Å². The smallest absolute Gasteiger partial charge is 0.349 e. The minimum Gasteiger partial charge on any atom is -0.372 e. The lowest BCUT2D eigenvalue weighted by atomic mass is 10.4. The Hall–Kier alpha value is -0.523. The molecule has 0 saturated heterocycles. The number of nitrogens with zero attached hydrogens (tertiary/aromatic N) is 1. The zero-order valence-corrected chi connectivity index (χ0v) is 11.9. The van der Waals surface area contributed by atoms with Crippen molar-refractivity contribution < 1.29 is 9.63 Å². The van der Waals surface area contributed by atoms with Crippen molar-refractivity contribution in [1.82, 2.24) is 4.73 Å². The fourth-order valence-corrected chi connectivity index (χ4v) is 2.38. The number of thiocarbonyl (C=S) groups is 1. The van der Waals surface area contributed by atoms with E-state index in [-0.39, 0.29) is 5.97 Å². The summed E-state index contributed by atoms with van der Waals surface area (Å²) < 4.78 is 1.78. The molecule has 15 heavy (non-hydrogen) atoms. The van der Waals surface area contributed by atoms with Gasteiger partial charge in [-0.3, -0.25) is 0 Å². The lowest BCUT2D eigenvalue weighted by molar-refractivity contribution is -0.164. The van der Waals surface area contributed by atoms with Crippen LogP contribution >= 0.6 is 12.2 Å². The molecule has 0 aromatic carbocycles. The first-order chi connectivity index (χ1) is 6.77. The maximum absolute atomic E-state index is 11.4. The van der Waals surface area contributed by atoms with E-state index in [1.807, 2.05) is 6.92 Å². The van der Waals surface area contributed by atoms with Crippen molar-refractivity contribution in [2.45, 2.75) is 33.5 Å². The largest absolute Gasteiger partial charge is 0.372 e. The van der Waals surface area contributed by atoms with Gasteiger partial charge in [-0.15, -0.1) is 0 Å². The molecular formula is C10H19NO2SSi. The van der Waals surface area contributed by atoms with Gasteiger partial charge in [-0.1, -0.05) is 31.9 Å². The fourth-order valence-electron chi connectivity index (χ4n) is 1.00. The highest BCUT2D eigenvalue weighted by Gasteiger charge is 2.25. The maximum Gasteiger partial charge on any atom is 0.349 e. The van der Waals surface area contributed by atoms with Crippen LogP contribution in [-0.4, -0.2) is 30.3 Å². The highest BCUT2D eigenvalue weighted by atomic mass is 32.1. The second-order valence-corrected chi connectivity index (χ2v) is 9.70. The SMILES string of the molecule is CCN(OC(=O)C=CC(C)=S)[Si](C)(C)C. The van der Waals surface area contributed by atoms with Gasteiger partial charge in [-0.2, -0.15) is 4.73 Å². The lowest BCUT2D eigenvalue weighted by Crippen LogP contribution is -2.46. The van der Waals surface area contributed by atoms with Gasteiger partial charge in [0.1, 0.15) is 0 Å². The Kier molecular flexibility index (Phi) is 5.93. The predicted molar refractivity (Wildman–Crippen MR) is 69.2 cm³/mol. The van der Waals surface area contributed by atoms with Crippen LogP contribution in [0.2, 0.25) is 19.6 Å². The van der Waals surface area contributed by atoms with Gasteiger partial charge in [0, 0.05) is 17.5 Å². The molecule has 0 rings (SSSR count). The monoisotopic (exact) mass is 245 g/mol. The molecule has 0 spiro atoms. The summed E-state index contributed by atoms with van der Waals surface area (Å²) in [5.74, 6) is -0.358. The van der Waals surface area contributed by atoms with Gasteiger partial charge < -0.3 is 4.84 Å². The highest BCUT2D eigenvalue weighted by Crippen LogP contribution is 2.09. The van der Waals surface area contributed by atoms with E-state index >= 15 is 0 Å². The van der Waals surface area contributed by atoms with Crippen molar-refractivity contribution in [1.29, 1.82) is 0 Å². The average molecular weight is 245 g/mol. The summed E-state index contributed by atoms with van der Waals surface area (Å²) in [7, 11) is -1.58. The quantitative estimate of drug-likeness (QED) is 0.322. The third-order valence-electron chi connectivity index (χ3n) is 1.69. The molecule has 0 unspecified atom stereocenters. The van der Waals surface area contributed by atoms with Gasteiger partial charge in [-0.05, 0) is 19.9 Å². The van der Waals surface area contributed by atoms with E-state index < -0.39 is 8.24 Å². The number of hydrogen-bond donors (Lipinski definition) is 0. The van der Waals surface area contributed by atoms with Crippen molar-refractivity contribution in [3.63, 3.8) is 0 Å². The molecule has 0 atom stereocenters. The van der Waals surface area contributed by atoms with Crippen LogP contribution in [0.3, 0.4) is 0 Å².